The number of nitrogens with one attached hydrogen (secondary N) is 4. The van der Waals surface area contributed by atoms with E-state index < -0.39 is 68.8 Å². The number of rotatable bonds is 17. The summed E-state index contributed by atoms with van der Waals surface area (Å²) in [6, 6.07) is 6.53. The van der Waals surface area contributed by atoms with Crippen LogP contribution in [0.2, 0.25) is 0 Å². The molecule has 2 saturated heterocycles. The molecule has 5 atom stereocenters. The Morgan fingerprint density at radius 1 is 1.06 bits per heavy atom. The second-order valence-corrected chi connectivity index (χ2v) is 14.9. The quantitative estimate of drug-likeness (QED) is 0.0458. The van der Waals surface area contributed by atoms with Crippen molar-refractivity contribution in [2.75, 3.05) is 6.54 Å². The van der Waals surface area contributed by atoms with Gasteiger partial charge in [0.05, 0.1) is 11.3 Å². The summed E-state index contributed by atoms with van der Waals surface area (Å²) >= 11 is 2.04. The third-order valence-corrected chi connectivity index (χ3v) is 10.7. The van der Waals surface area contributed by atoms with Crippen LogP contribution >= 0.6 is 23.7 Å². The lowest BCUT2D eigenvalue weighted by Gasteiger charge is -2.44. The number of thioether (sulfide) groups is 1. The van der Waals surface area contributed by atoms with Gasteiger partial charge in [-0.05, 0) is 56.0 Å². The fourth-order valence-electron chi connectivity index (χ4n) is 5.65. The van der Waals surface area contributed by atoms with Crippen LogP contribution in [-0.2, 0) is 24.0 Å². The molecule has 4 rings (SSSR count). The number of phenols is 1. The van der Waals surface area contributed by atoms with E-state index in [0.717, 1.165) is 37.6 Å². The number of carboxylic acid groups (broad SMARTS) is 1. The van der Waals surface area contributed by atoms with Gasteiger partial charge >= 0.3 is 5.97 Å². The number of benzene rings is 2. The summed E-state index contributed by atoms with van der Waals surface area (Å²) in [7, 11) is 0. The zero-order chi connectivity index (χ0) is 35.9. The molecule has 6 N–H and O–H groups in total. The Hall–Kier alpha value is -4.35. The molecule has 2 aromatic rings. The van der Waals surface area contributed by atoms with Crippen LogP contribution in [0, 0.1) is 10.1 Å². The van der Waals surface area contributed by atoms with Gasteiger partial charge in [0.25, 0.3) is 5.69 Å². The predicted molar refractivity (Wildman–Crippen MR) is 182 cm³/mol. The van der Waals surface area contributed by atoms with E-state index in [1.54, 1.807) is 19.9 Å². The zero-order valence-electron chi connectivity index (χ0n) is 27.2. The number of para-hydroxylation sites is 1. The third-order valence-electron chi connectivity index (χ3n) is 8.18. The van der Waals surface area contributed by atoms with Crippen molar-refractivity contribution < 1.29 is 39.1 Å². The molecule has 2 fully saturated rings. The van der Waals surface area contributed by atoms with Gasteiger partial charge in [0.1, 0.15) is 40.2 Å². The first kappa shape index (κ1) is 37.5. The number of carboxylic acids is 1. The number of aromatic hydroxyl groups is 1. The molecule has 2 aliphatic heterocycles. The maximum absolute atomic E-state index is 13.8. The van der Waals surface area contributed by atoms with Gasteiger partial charge in [-0.1, -0.05) is 50.5 Å². The lowest BCUT2D eigenvalue weighted by Crippen LogP contribution is -2.71. The number of β-lactam (4-membered cyclic amide) rings is 1. The van der Waals surface area contributed by atoms with Crippen molar-refractivity contribution in [3.05, 3.63) is 64.2 Å². The summed E-state index contributed by atoms with van der Waals surface area (Å²) < 4.78 is 2.03. The fourth-order valence-corrected chi connectivity index (χ4v) is 8.12. The van der Waals surface area contributed by atoms with Crippen molar-refractivity contribution in [1.82, 2.24) is 25.6 Å². The first-order valence-corrected chi connectivity index (χ1v) is 17.5. The first-order chi connectivity index (χ1) is 23.2. The summed E-state index contributed by atoms with van der Waals surface area (Å²) in [4.78, 5) is 78.0. The molecule has 49 heavy (non-hydrogen) atoms. The van der Waals surface area contributed by atoms with E-state index in [0.29, 0.717) is 6.54 Å². The largest absolute Gasteiger partial charge is 0.508 e. The number of nitrogens with zero attached hydrogens (tertiary/aromatic N) is 2. The van der Waals surface area contributed by atoms with Gasteiger partial charge < -0.3 is 31.1 Å². The van der Waals surface area contributed by atoms with Crippen molar-refractivity contribution in [2.45, 2.75) is 92.1 Å². The van der Waals surface area contributed by atoms with E-state index >= 15 is 0 Å². The van der Waals surface area contributed by atoms with E-state index in [2.05, 4.69) is 27.6 Å². The summed E-state index contributed by atoms with van der Waals surface area (Å²) in [6.45, 7) is 5.87. The molecule has 0 radical (unpaired) electrons. The molecule has 15 nitrogen and oxygen atoms in total. The van der Waals surface area contributed by atoms with Crippen LogP contribution in [-0.4, -0.2) is 84.4 Å². The van der Waals surface area contributed by atoms with Gasteiger partial charge in [-0.25, -0.2) is 9.52 Å². The van der Waals surface area contributed by atoms with Crippen molar-refractivity contribution in [3.63, 3.8) is 0 Å². The molecule has 4 amide bonds. The number of unbranched alkanes of at least 4 members (excludes halogenated alkanes) is 3. The average Bonchev–Trinajstić information content (AvgIpc) is 3.32. The highest BCUT2D eigenvalue weighted by Gasteiger charge is 2.64. The fraction of sp³-hybridized carbons (Fsp3) is 0.469. The van der Waals surface area contributed by atoms with Crippen molar-refractivity contribution in [3.8, 4) is 5.75 Å². The number of carbonyl (C=O) groups is 5. The standard InChI is InChI=1S/C32H40N6O9S2/c1-4-5-6-9-16-33-23(40)17-20(36-49-22-11-8-7-10-21(22)38(46)47)27(41)34-24(18-12-14-19(39)15-13-18)28(42)35-25-29(43)37-26(31(44)45)32(2,3)48-30(25)37/h7-8,10-15,20,24-26,30,36,39H,4-6,9,16-17H2,1-3H3,(H,33,40)(H,34,41)(H,35,42)(H,44,45)/t20?,24?,25-,26+,30-/m1/s1. The number of hydrogen-bond acceptors (Lipinski definition) is 11. The second kappa shape index (κ2) is 16.4. The number of carbonyl (C=O) groups excluding carboxylic acids is 4. The summed E-state index contributed by atoms with van der Waals surface area (Å²) in [6.07, 6.45) is 3.34. The number of hydrogen-bond donors (Lipinski definition) is 6. The van der Waals surface area contributed by atoms with Crippen LogP contribution < -0.4 is 20.7 Å². The van der Waals surface area contributed by atoms with Crippen molar-refractivity contribution in [1.29, 1.82) is 0 Å². The van der Waals surface area contributed by atoms with Gasteiger partial charge in [0.2, 0.25) is 23.6 Å². The van der Waals surface area contributed by atoms with E-state index in [-0.39, 0.29) is 28.3 Å². The summed E-state index contributed by atoms with van der Waals surface area (Å²) in [5.74, 6) is -3.85. The lowest BCUT2D eigenvalue weighted by atomic mass is 9.95. The number of amides is 4. The Bertz CT molecular complexity index is 1570. The normalized spacial score (nSPS) is 20.3. The number of aliphatic carboxylic acids is 1. The second-order valence-electron chi connectivity index (χ2n) is 12.2. The molecule has 0 aliphatic carbocycles. The number of fused-ring (bicyclic) bond motifs is 1. The van der Waals surface area contributed by atoms with Gasteiger partial charge in [0.15, 0.2) is 0 Å². The minimum absolute atomic E-state index is 0.0978. The van der Waals surface area contributed by atoms with E-state index in [4.69, 9.17) is 0 Å². The predicted octanol–water partition coefficient (Wildman–Crippen LogP) is 2.84. The average molecular weight is 717 g/mol. The van der Waals surface area contributed by atoms with Gasteiger partial charge in [0, 0.05) is 17.4 Å². The minimum atomic E-state index is -1.40. The Morgan fingerprint density at radius 3 is 2.41 bits per heavy atom. The SMILES string of the molecule is CCCCCCNC(=O)CC(NSc1ccccc1[N+](=O)[O-])C(=O)NC(C(=O)N[C@@H]1C(=O)N2[C@@H]1SC(C)(C)[C@@H]2C(=O)O)c1ccc(O)cc1. The third kappa shape index (κ3) is 9.01. The molecule has 2 aliphatic rings. The van der Waals surface area contributed by atoms with Crippen LogP contribution in [0.3, 0.4) is 0 Å². The Labute approximate surface area is 291 Å². The Kier molecular flexibility index (Phi) is 12.5. The van der Waals surface area contributed by atoms with Crippen LogP contribution in [0.15, 0.2) is 53.4 Å². The molecule has 0 aromatic heterocycles. The Morgan fingerprint density at radius 2 is 1.76 bits per heavy atom. The molecular formula is C32H40N6O9S2. The monoisotopic (exact) mass is 716 g/mol. The number of nitro groups is 1. The van der Waals surface area contributed by atoms with Gasteiger partial charge in [-0.2, -0.15) is 0 Å². The number of nitro benzene ring substituents is 1. The van der Waals surface area contributed by atoms with Crippen LogP contribution in [0.5, 0.6) is 5.75 Å². The highest BCUT2D eigenvalue weighted by atomic mass is 32.2. The molecule has 17 heteroatoms. The molecule has 0 bridgehead atoms. The van der Waals surface area contributed by atoms with Crippen LogP contribution in [0.1, 0.15) is 64.5 Å². The molecule has 2 unspecified atom stereocenters. The van der Waals surface area contributed by atoms with Crippen molar-refractivity contribution >= 4 is 59.0 Å². The maximum Gasteiger partial charge on any atom is 0.327 e. The molecule has 0 spiro atoms. The molecule has 0 saturated carbocycles. The minimum Gasteiger partial charge on any atom is -0.508 e. The molecule has 2 aromatic carbocycles. The molecule has 2 heterocycles. The molecular weight excluding hydrogens is 677 g/mol. The summed E-state index contributed by atoms with van der Waals surface area (Å²) in [5, 5.41) is 38.6. The van der Waals surface area contributed by atoms with E-state index in [1.807, 2.05) is 0 Å². The van der Waals surface area contributed by atoms with E-state index in [9.17, 15) is 44.3 Å². The highest BCUT2D eigenvalue weighted by molar-refractivity contribution is 8.01. The molecule has 264 valence electrons. The topological polar surface area (TPSA) is 220 Å². The lowest BCUT2D eigenvalue weighted by molar-refractivity contribution is -0.387. The van der Waals surface area contributed by atoms with Gasteiger partial charge in [-0.3, -0.25) is 29.3 Å². The smallest absolute Gasteiger partial charge is 0.327 e. The van der Waals surface area contributed by atoms with Crippen molar-refractivity contribution in [2.24, 2.45) is 0 Å². The number of phenolic OH excluding ortho intramolecular Hbond substituents is 1. The van der Waals surface area contributed by atoms with E-state index in [1.165, 1.54) is 59.1 Å². The maximum atomic E-state index is 13.8. The first-order valence-electron chi connectivity index (χ1n) is 15.8. The van der Waals surface area contributed by atoms with Crippen LogP contribution in [0.4, 0.5) is 5.69 Å². The zero-order valence-corrected chi connectivity index (χ0v) is 28.8. The Balaban J connectivity index is 1.54. The summed E-state index contributed by atoms with van der Waals surface area (Å²) in [5.41, 5.74) is 0.0405. The highest BCUT2D eigenvalue weighted by Crippen LogP contribution is 2.50. The van der Waals surface area contributed by atoms with Crippen LogP contribution in [0.25, 0.3) is 0 Å². The van der Waals surface area contributed by atoms with Gasteiger partial charge in [-0.15, -0.1) is 11.8 Å².